The molecule has 3 atom stereocenters. The lowest BCUT2D eigenvalue weighted by molar-refractivity contribution is -0.142. The molecular weight excluding hydrogens is 428 g/mol. The first-order valence-corrected chi connectivity index (χ1v) is 10.6. The van der Waals surface area contributed by atoms with E-state index >= 15 is 0 Å². The van der Waals surface area contributed by atoms with Gasteiger partial charge in [-0.25, -0.2) is 23.6 Å². The molecule has 1 aromatic carbocycles. The van der Waals surface area contributed by atoms with Gasteiger partial charge >= 0.3 is 5.97 Å². The molecule has 2 aliphatic heterocycles. The number of benzene rings is 1. The van der Waals surface area contributed by atoms with Crippen molar-refractivity contribution >= 4 is 11.8 Å². The molecule has 6 nitrogen and oxygen atoms in total. The molecule has 1 fully saturated rings. The molecule has 1 saturated carbocycles. The first kappa shape index (κ1) is 22.9. The van der Waals surface area contributed by atoms with Crippen LogP contribution in [0, 0.1) is 17.6 Å². The number of nitrogens with zero attached hydrogens (tertiary/aromatic N) is 2. The number of ether oxygens (including phenoxy) is 2. The molecule has 2 aromatic rings. The number of allylic oxidation sites excluding steroid dienone is 1. The average Bonchev–Trinajstić information content (AvgIpc) is 3.05. The van der Waals surface area contributed by atoms with Gasteiger partial charge in [-0.15, -0.1) is 0 Å². The Morgan fingerprint density at radius 3 is 2.76 bits per heavy atom. The van der Waals surface area contributed by atoms with Crippen molar-refractivity contribution in [3.8, 4) is 5.75 Å². The lowest BCUT2D eigenvalue weighted by Crippen LogP contribution is -2.65. The van der Waals surface area contributed by atoms with Crippen LogP contribution in [0.25, 0.3) is 0 Å². The van der Waals surface area contributed by atoms with Crippen molar-refractivity contribution in [1.29, 1.82) is 0 Å². The van der Waals surface area contributed by atoms with Gasteiger partial charge in [-0.1, -0.05) is 32.5 Å². The average molecular weight is 458 g/mol. The number of rotatable bonds is 3. The highest BCUT2D eigenvalue weighted by Gasteiger charge is 2.71. The fourth-order valence-corrected chi connectivity index (χ4v) is 5.48. The molecule has 2 spiro atoms. The van der Waals surface area contributed by atoms with E-state index in [1.165, 1.54) is 7.11 Å². The number of nitrogens with one attached hydrogen (secondary N) is 1. The molecule has 0 radical (unpaired) electrons. The maximum absolute atomic E-state index is 14.7. The van der Waals surface area contributed by atoms with Crippen molar-refractivity contribution in [2.45, 2.75) is 51.7 Å². The fourth-order valence-electron chi connectivity index (χ4n) is 5.48. The lowest BCUT2D eigenvalue weighted by atomic mass is 9.55. The first-order valence-electron chi connectivity index (χ1n) is 10.6. The number of amidine groups is 1. The highest BCUT2D eigenvalue weighted by molar-refractivity contribution is 6.04. The summed E-state index contributed by atoms with van der Waals surface area (Å²) in [6, 6.07) is 8.23. The fraction of sp³-hybridized carbons (Fsp3) is 0.400. The Kier molecular flexibility index (Phi) is 5.50. The van der Waals surface area contributed by atoms with Gasteiger partial charge in [0.1, 0.15) is 22.9 Å². The molecule has 1 aromatic heterocycles. The van der Waals surface area contributed by atoms with Crippen molar-refractivity contribution in [1.82, 2.24) is 10.3 Å². The van der Waals surface area contributed by atoms with E-state index in [2.05, 4.69) is 17.2 Å². The summed E-state index contributed by atoms with van der Waals surface area (Å²) in [4.78, 5) is 22.1. The minimum Gasteiger partial charge on any atom is -0.483 e. The molecule has 3 aliphatic rings. The number of hydrogen-bond acceptors (Lipinski definition) is 6. The standard InChI is InChI=1S/C24H23F2N3O3.CH4.H2/c1-4-14-9-10-23(14)24(16-7-5-6-8-18(16)32-23)19(22(30)31-3)13(2)28-21(29-24)20-17(26)11-15(25)12-27-20;;/h5-8,11-12,14H,4,9-10H2,1-3H3,(H,28,29);1H4;1H. The Morgan fingerprint density at radius 2 is 2.12 bits per heavy atom. The number of aliphatic imine (C=N–C) groups is 1. The van der Waals surface area contributed by atoms with Crippen LogP contribution in [0.4, 0.5) is 8.78 Å². The van der Waals surface area contributed by atoms with Gasteiger partial charge in [-0.3, -0.25) is 0 Å². The van der Waals surface area contributed by atoms with Gasteiger partial charge in [-0.2, -0.15) is 0 Å². The highest BCUT2D eigenvalue weighted by atomic mass is 19.1. The van der Waals surface area contributed by atoms with Gasteiger partial charge in [0.05, 0.1) is 18.9 Å². The van der Waals surface area contributed by atoms with Crippen LogP contribution in [0.15, 0.2) is 52.8 Å². The molecule has 0 amide bonds. The number of methoxy groups -OCH3 is 1. The minimum atomic E-state index is -1.25. The maximum Gasteiger partial charge on any atom is 0.338 e. The van der Waals surface area contributed by atoms with Crippen LogP contribution in [0.1, 0.15) is 53.2 Å². The number of hydrogen-bond donors (Lipinski definition) is 1. The van der Waals surface area contributed by atoms with Crippen LogP contribution in [0.5, 0.6) is 5.75 Å². The molecule has 3 heterocycles. The van der Waals surface area contributed by atoms with E-state index in [0.717, 1.165) is 30.7 Å². The Hall–Kier alpha value is -3.29. The number of carbonyl (C=O) groups excluding carboxylic acids is 1. The second-order valence-electron chi connectivity index (χ2n) is 8.40. The van der Waals surface area contributed by atoms with Gasteiger partial charge < -0.3 is 14.8 Å². The number of para-hydroxylation sites is 1. The summed E-state index contributed by atoms with van der Waals surface area (Å²) in [7, 11) is 1.32. The van der Waals surface area contributed by atoms with Crippen LogP contribution >= 0.6 is 0 Å². The monoisotopic (exact) mass is 457 g/mol. The number of aromatic nitrogens is 1. The van der Waals surface area contributed by atoms with Crippen molar-refractivity contribution in [3.05, 3.63) is 70.7 Å². The number of pyridine rings is 1. The molecule has 1 N–H and O–H groups in total. The van der Waals surface area contributed by atoms with Crippen LogP contribution in [0.3, 0.4) is 0 Å². The van der Waals surface area contributed by atoms with Crippen LogP contribution in [-0.4, -0.2) is 29.5 Å². The number of carbonyl (C=O) groups is 1. The number of halogens is 2. The second kappa shape index (κ2) is 7.93. The minimum absolute atomic E-state index is 0. The van der Waals surface area contributed by atoms with Crippen LogP contribution in [0.2, 0.25) is 0 Å². The zero-order valence-corrected chi connectivity index (χ0v) is 18.0. The van der Waals surface area contributed by atoms with Gasteiger partial charge in [0.15, 0.2) is 17.2 Å². The number of fused-ring (bicyclic) bond motifs is 3. The third kappa shape index (κ3) is 2.92. The van der Waals surface area contributed by atoms with E-state index in [-0.39, 0.29) is 26.3 Å². The van der Waals surface area contributed by atoms with E-state index in [1.54, 1.807) is 6.92 Å². The van der Waals surface area contributed by atoms with E-state index in [4.69, 9.17) is 14.5 Å². The third-order valence-corrected chi connectivity index (χ3v) is 6.94. The summed E-state index contributed by atoms with van der Waals surface area (Å²) in [6.07, 6.45) is 3.35. The van der Waals surface area contributed by atoms with Crippen LogP contribution < -0.4 is 10.1 Å². The summed E-state index contributed by atoms with van der Waals surface area (Å²) in [5.74, 6) is -1.28. The van der Waals surface area contributed by atoms with Crippen molar-refractivity contribution in [2.75, 3.05) is 7.11 Å². The largest absolute Gasteiger partial charge is 0.483 e. The third-order valence-electron chi connectivity index (χ3n) is 6.94. The predicted octanol–water partition coefficient (Wildman–Crippen LogP) is 4.89. The molecule has 33 heavy (non-hydrogen) atoms. The quantitative estimate of drug-likeness (QED) is 0.665. The van der Waals surface area contributed by atoms with Crippen molar-refractivity contribution in [2.24, 2.45) is 10.9 Å². The molecule has 8 heteroatoms. The van der Waals surface area contributed by atoms with Crippen molar-refractivity contribution < 1.29 is 24.5 Å². The lowest BCUT2D eigenvalue weighted by Gasteiger charge is -2.55. The molecule has 3 unspecified atom stereocenters. The van der Waals surface area contributed by atoms with Gasteiger partial charge in [-0.05, 0) is 32.3 Å². The molecule has 0 saturated heterocycles. The van der Waals surface area contributed by atoms with E-state index < -0.39 is 28.7 Å². The van der Waals surface area contributed by atoms with E-state index in [1.807, 2.05) is 24.3 Å². The summed E-state index contributed by atoms with van der Waals surface area (Å²) in [6.45, 7) is 3.80. The van der Waals surface area contributed by atoms with Gasteiger partial charge in [0, 0.05) is 24.7 Å². The van der Waals surface area contributed by atoms with E-state index in [9.17, 15) is 13.6 Å². The Labute approximate surface area is 193 Å². The molecule has 5 rings (SSSR count). The Bertz CT molecular complexity index is 1200. The predicted molar refractivity (Wildman–Crippen MR) is 122 cm³/mol. The highest BCUT2D eigenvalue weighted by Crippen LogP contribution is 2.65. The van der Waals surface area contributed by atoms with Crippen LogP contribution in [-0.2, 0) is 15.1 Å². The topological polar surface area (TPSA) is 72.8 Å². The van der Waals surface area contributed by atoms with Crippen molar-refractivity contribution in [3.63, 3.8) is 0 Å². The summed E-state index contributed by atoms with van der Waals surface area (Å²) in [5, 5.41) is 3.01. The van der Waals surface area contributed by atoms with Gasteiger partial charge in [0.2, 0.25) is 0 Å². The Morgan fingerprint density at radius 1 is 1.36 bits per heavy atom. The smallest absolute Gasteiger partial charge is 0.338 e. The second-order valence-corrected chi connectivity index (χ2v) is 8.40. The molecular formula is C25H29F2N3O3. The zero-order valence-electron chi connectivity index (χ0n) is 18.0. The number of esters is 1. The summed E-state index contributed by atoms with van der Waals surface area (Å²) in [5.41, 5.74) is -0.674. The molecule has 0 bridgehead atoms. The summed E-state index contributed by atoms with van der Waals surface area (Å²) < 4.78 is 40.0. The normalized spacial score (nSPS) is 27.2. The summed E-state index contributed by atoms with van der Waals surface area (Å²) >= 11 is 0. The van der Waals surface area contributed by atoms with Gasteiger partial charge in [0.25, 0.3) is 0 Å². The Balaban J connectivity index is 0.00000162. The van der Waals surface area contributed by atoms with E-state index in [0.29, 0.717) is 23.4 Å². The maximum atomic E-state index is 14.7. The zero-order chi connectivity index (χ0) is 22.7. The molecule has 1 aliphatic carbocycles. The molecule has 176 valence electrons. The SMILES string of the molecule is C.CCC1CCC12Oc1ccccc1C21N=C(c2ncc(F)cc2F)NC(C)=C1C(=O)OC.[HH]. The first-order chi connectivity index (χ1) is 15.4.